The van der Waals surface area contributed by atoms with E-state index < -0.39 is 0 Å². The van der Waals surface area contributed by atoms with Crippen molar-refractivity contribution in [3.05, 3.63) is 131 Å². The number of carbonyl (C=O) groups is 1. The van der Waals surface area contributed by atoms with Gasteiger partial charge in [-0.2, -0.15) is 0 Å². The van der Waals surface area contributed by atoms with Crippen LogP contribution in [0.2, 0.25) is 0 Å². The second kappa shape index (κ2) is 10.1. The summed E-state index contributed by atoms with van der Waals surface area (Å²) in [7, 11) is 2.01. The Balaban J connectivity index is 1.36. The standard InChI is InChI=1S/C31H28NO/c1-4-29-23(2)31(33)30(29)28-17-15-27(16-18-28)14-13-26-11-9-24(10-12-26)7-5-6-8-25-19-21-32(3)22-20-25/h5-22H,2,4H2,1,3H3/q+1. The van der Waals surface area contributed by atoms with Gasteiger partial charge < -0.3 is 0 Å². The normalized spacial score (nSPS) is 14.1. The van der Waals surface area contributed by atoms with E-state index in [1.807, 2.05) is 36.1 Å². The van der Waals surface area contributed by atoms with Gasteiger partial charge in [0.15, 0.2) is 18.2 Å². The van der Waals surface area contributed by atoms with Crippen LogP contribution in [0.5, 0.6) is 0 Å². The third-order valence-electron chi connectivity index (χ3n) is 5.82. The lowest BCUT2D eigenvalue weighted by Gasteiger charge is -2.24. The first-order valence-electron chi connectivity index (χ1n) is 11.2. The van der Waals surface area contributed by atoms with E-state index in [-0.39, 0.29) is 5.78 Å². The van der Waals surface area contributed by atoms with Crippen molar-refractivity contribution in [2.24, 2.45) is 7.05 Å². The molecule has 2 aromatic carbocycles. The molecule has 0 atom stereocenters. The molecule has 0 saturated carbocycles. The zero-order valence-electron chi connectivity index (χ0n) is 19.2. The second-order valence-corrected chi connectivity index (χ2v) is 8.15. The monoisotopic (exact) mass is 430 g/mol. The number of hydrogen-bond acceptors (Lipinski definition) is 1. The summed E-state index contributed by atoms with van der Waals surface area (Å²) in [6, 6.07) is 20.8. The molecule has 0 fully saturated rings. The fourth-order valence-electron chi connectivity index (χ4n) is 3.84. The molecule has 162 valence electrons. The summed E-state index contributed by atoms with van der Waals surface area (Å²) in [6.45, 7) is 5.93. The van der Waals surface area contributed by atoms with E-state index in [0.717, 1.165) is 39.8 Å². The number of hydrogen-bond donors (Lipinski definition) is 0. The molecule has 1 aromatic heterocycles. The Morgan fingerprint density at radius 2 is 1.18 bits per heavy atom. The molecule has 0 radical (unpaired) electrons. The number of aromatic nitrogens is 1. The SMILES string of the molecule is C=C1C(=O)C(c2ccc(C=Cc3ccc(C=CC=Cc4cc[n+](C)cc4)cc3)cc2)=C1CC. The van der Waals surface area contributed by atoms with Gasteiger partial charge in [-0.05, 0) is 39.8 Å². The molecular weight excluding hydrogens is 402 g/mol. The molecule has 0 N–H and O–H groups in total. The Labute approximate surface area is 196 Å². The Morgan fingerprint density at radius 3 is 1.70 bits per heavy atom. The first-order valence-corrected chi connectivity index (χ1v) is 11.2. The minimum absolute atomic E-state index is 0.0778. The number of carbonyl (C=O) groups excluding carboxylic acids is 1. The van der Waals surface area contributed by atoms with Crippen LogP contribution in [0.1, 0.15) is 41.2 Å². The van der Waals surface area contributed by atoms with Gasteiger partial charge >= 0.3 is 0 Å². The van der Waals surface area contributed by atoms with E-state index in [9.17, 15) is 4.79 Å². The zero-order valence-corrected chi connectivity index (χ0v) is 19.2. The van der Waals surface area contributed by atoms with Crippen LogP contribution in [0.4, 0.5) is 0 Å². The third-order valence-corrected chi connectivity index (χ3v) is 5.82. The summed E-state index contributed by atoms with van der Waals surface area (Å²) in [5, 5.41) is 0. The second-order valence-electron chi connectivity index (χ2n) is 8.15. The average molecular weight is 431 g/mol. The summed E-state index contributed by atoms with van der Waals surface area (Å²) in [6.07, 6.45) is 17.4. The molecule has 1 heterocycles. The predicted molar refractivity (Wildman–Crippen MR) is 139 cm³/mol. The highest BCUT2D eigenvalue weighted by atomic mass is 16.1. The summed E-state index contributed by atoms with van der Waals surface area (Å²) in [5.74, 6) is 0.0778. The number of rotatable bonds is 7. The molecule has 0 saturated heterocycles. The number of aryl methyl sites for hydroxylation is 1. The summed E-state index contributed by atoms with van der Waals surface area (Å²) >= 11 is 0. The quantitative estimate of drug-likeness (QED) is 0.177. The van der Waals surface area contributed by atoms with Crippen LogP contribution in [0.3, 0.4) is 0 Å². The van der Waals surface area contributed by atoms with Crippen molar-refractivity contribution in [3.63, 3.8) is 0 Å². The van der Waals surface area contributed by atoms with Gasteiger partial charge in [0.1, 0.15) is 7.05 Å². The number of pyridine rings is 1. The van der Waals surface area contributed by atoms with Gasteiger partial charge in [0.2, 0.25) is 0 Å². The molecule has 4 rings (SSSR count). The summed E-state index contributed by atoms with van der Waals surface area (Å²) < 4.78 is 2.02. The van der Waals surface area contributed by atoms with Crippen molar-refractivity contribution in [3.8, 4) is 0 Å². The van der Waals surface area contributed by atoms with Crippen LogP contribution in [0.25, 0.3) is 29.9 Å². The first-order chi connectivity index (χ1) is 16.0. The van der Waals surface area contributed by atoms with Crippen LogP contribution < -0.4 is 4.57 Å². The third kappa shape index (κ3) is 5.24. The Bertz CT molecular complexity index is 1280. The van der Waals surface area contributed by atoms with Gasteiger partial charge in [-0.15, -0.1) is 0 Å². The lowest BCUT2D eigenvalue weighted by atomic mass is 9.77. The van der Waals surface area contributed by atoms with E-state index in [1.54, 1.807) is 0 Å². The average Bonchev–Trinajstić information content (AvgIpc) is 2.85. The summed E-state index contributed by atoms with van der Waals surface area (Å²) in [5.41, 5.74) is 8.14. The smallest absolute Gasteiger partial charge is 0.193 e. The molecule has 2 heteroatoms. The van der Waals surface area contributed by atoms with Gasteiger partial charge in [-0.25, -0.2) is 4.57 Å². The van der Waals surface area contributed by atoms with Crippen molar-refractivity contribution < 1.29 is 9.36 Å². The molecule has 0 amide bonds. The van der Waals surface area contributed by atoms with Gasteiger partial charge in [0, 0.05) is 23.3 Å². The molecule has 0 unspecified atom stereocenters. The minimum Gasteiger partial charge on any atom is -0.289 e. The van der Waals surface area contributed by atoms with Crippen molar-refractivity contribution in [1.29, 1.82) is 0 Å². The number of benzene rings is 2. The van der Waals surface area contributed by atoms with Gasteiger partial charge in [0.25, 0.3) is 0 Å². The highest BCUT2D eigenvalue weighted by molar-refractivity contribution is 6.39. The molecule has 2 nitrogen and oxygen atoms in total. The fourth-order valence-corrected chi connectivity index (χ4v) is 3.84. The van der Waals surface area contributed by atoms with Crippen LogP contribution in [-0.4, -0.2) is 5.78 Å². The predicted octanol–water partition coefficient (Wildman–Crippen LogP) is 6.71. The molecule has 0 bridgehead atoms. The van der Waals surface area contributed by atoms with E-state index >= 15 is 0 Å². The molecule has 0 aliphatic heterocycles. The topological polar surface area (TPSA) is 20.9 Å². The van der Waals surface area contributed by atoms with Crippen molar-refractivity contribution in [2.75, 3.05) is 0 Å². The van der Waals surface area contributed by atoms with E-state index in [4.69, 9.17) is 0 Å². The van der Waals surface area contributed by atoms with Crippen LogP contribution in [-0.2, 0) is 11.8 Å². The molecule has 1 aliphatic carbocycles. The number of nitrogens with zero attached hydrogens (tertiary/aromatic N) is 1. The number of allylic oxidation sites excluding steroid dienone is 5. The van der Waals surface area contributed by atoms with E-state index in [0.29, 0.717) is 5.57 Å². The Hall–Kier alpha value is -4.04. The molecule has 1 aliphatic rings. The van der Waals surface area contributed by atoms with Gasteiger partial charge in [0.05, 0.1) is 0 Å². The van der Waals surface area contributed by atoms with Crippen LogP contribution in [0, 0.1) is 0 Å². The van der Waals surface area contributed by atoms with Gasteiger partial charge in [-0.3, -0.25) is 4.79 Å². The molecular formula is C31H28NO+. The minimum atomic E-state index is 0.0778. The number of ketones is 1. The Morgan fingerprint density at radius 1 is 0.727 bits per heavy atom. The Kier molecular flexibility index (Phi) is 6.75. The van der Waals surface area contributed by atoms with E-state index in [1.165, 1.54) is 5.56 Å². The molecule has 3 aromatic rings. The van der Waals surface area contributed by atoms with Gasteiger partial charge in [-0.1, -0.05) is 98.5 Å². The van der Waals surface area contributed by atoms with Crippen molar-refractivity contribution in [1.82, 2.24) is 0 Å². The summed E-state index contributed by atoms with van der Waals surface area (Å²) in [4.78, 5) is 12.1. The maximum atomic E-state index is 12.1. The number of Topliss-reactive ketones (excluding diaryl/α,β-unsaturated/α-hetero) is 1. The fraction of sp³-hybridized carbons (Fsp3) is 0.0968. The van der Waals surface area contributed by atoms with Crippen molar-refractivity contribution in [2.45, 2.75) is 13.3 Å². The maximum absolute atomic E-state index is 12.1. The van der Waals surface area contributed by atoms with Crippen LogP contribution in [0.15, 0.2) is 103 Å². The first kappa shape index (κ1) is 22.2. The van der Waals surface area contributed by atoms with Crippen LogP contribution >= 0.6 is 0 Å². The molecule has 0 spiro atoms. The zero-order chi connectivity index (χ0) is 23.2. The lowest BCUT2D eigenvalue weighted by molar-refractivity contribution is -0.671. The maximum Gasteiger partial charge on any atom is 0.193 e. The largest absolute Gasteiger partial charge is 0.289 e. The molecule has 33 heavy (non-hydrogen) atoms. The lowest BCUT2D eigenvalue weighted by Crippen LogP contribution is -2.25. The van der Waals surface area contributed by atoms with E-state index in [2.05, 4.69) is 98.5 Å². The highest BCUT2D eigenvalue weighted by Crippen LogP contribution is 2.38. The highest BCUT2D eigenvalue weighted by Gasteiger charge is 2.30. The van der Waals surface area contributed by atoms with Crippen molar-refractivity contribution >= 4 is 35.7 Å².